The van der Waals surface area contributed by atoms with Crippen LogP contribution >= 0.6 is 23.1 Å². The van der Waals surface area contributed by atoms with Gasteiger partial charge < -0.3 is 5.32 Å². The number of hydrogen-bond acceptors (Lipinski definition) is 5. The van der Waals surface area contributed by atoms with Crippen LogP contribution in [-0.2, 0) is 11.2 Å². The van der Waals surface area contributed by atoms with Crippen LogP contribution in [0.1, 0.15) is 30.3 Å². The maximum atomic E-state index is 12.2. The highest BCUT2D eigenvalue weighted by atomic mass is 32.2. The molecule has 0 aliphatic carbocycles. The van der Waals surface area contributed by atoms with Gasteiger partial charge in [-0.25, -0.2) is 0 Å². The van der Waals surface area contributed by atoms with Crippen LogP contribution in [-0.4, -0.2) is 33.0 Å². The van der Waals surface area contributed by atoms with E-state index in [4.69, 9.17) is 0 Å². The standard InChI is InChI=1S/C20H24N4OS2/c1-14(2)24-19(17-11-15(3)26-12-17)22-23-20(24)27-13-18(25)21-10-9-16-7-5-4-6-8-16/h4-8,11-12,14H,9-10,13H2,1-3H3,(H,21,25). The average molecular weight is 401 g/mol. The zero-order valence-electron chi connectivity index (χ0n) is 15.8. The van der Waals surface area contributed by atoms with Gasteiger partial charge in [0, 0.05) is 28.4 Å². The molecule has 2 aromatic heterocycles. The van der Waals surface area contributed by atoms with Crippen LogP contribution in [0, 0.1) is 6.92 Å². The molecule has 0 radical (unpaired) electrons. The number of rotatable bonds is 8. The van der Waals surface area contributed by atoms with Gasteiger partial charge in [-0.2, -0.15) is 0 Å². The van der Waals surface area contributed by atoms with Crippen molar-refractivity contribution in [2.45, 2.75) is 38.4 Å². The number of benzene rings is 1. The Hall–Kier alpha value is -2.12. The molecule has 0 aliphatic heterocycles. The second-order valence-electron chi connectivity index (χ2n) is 6.59. The van der Waals surface area contributed by atoms with E-state index < -0.39 is 0 Å². The van der Waals surface area contributed by atoms with E-state index in [9.17, 15) is 4.79 Å². The van der Waals surface area contributed by atoms with Crippen molar-refractivity contribution in [1.82, 2.24) is 20.1 Å². The third-order valence-corrected chi connectivity index (χ3v) is 5.89. The molecule has 2 heterocycles. The van der Waals surface area contributed by atoms with E-state index in [0.29, 0.717) is 12.3 Å². The minimum atomic E-state index is 0.0159. The smallest absolute Gasteiger partial charge is 0.230 e. The van der Waals surface area contributed by atoms with Gasteiger partial charge in [-0.1, -0.05) is 42.1 Å². The molecule has 0 bridgehead atoms. The van der Waals surface area contributed by atoms with Crippen molar-refractivity contribution in [3.05, 3.63) is 52.2 Å². The molecular formula is C20H24N4OS2. The zero-order valence-corrected chi connectivity index (χ0v) is 17.4. The number of carbonyl (C=O) groups excluding carboxylic acids is 1. The molecule has 27 heavy (non-hydrogen) atoms. The van der Waals surface area contributed by atoms with Crippen LogP contribution in [0.3, 0.4) is 0 Å². The number of aromatic nitrogens is 3. The van der Waals surface area contributed by atoms with Gasteiger partial charge in [0.05, 0.1) is 5.75 Å². The second-order valence-corrected chi connectivity index (χ2v) is 8.65. The lowest BCUT2D eigenvalue weighted by atomic mass is 10.1. The Bertz CT molecular complexity index is 887. The third-order valence-electron chi connectivity index (χ3n) is 4.08. The minimum absolute atomic E-state index is 0.0159. The van der Waals surface area contributed by atoms with Crippen LogP contribution in [0.2, 0.25) is 0 Å². The minimum Gasteiger partial charge on any atom is -0.355 e. The summed E-state index contributed by atoms with van der Waals surface area (Å²) < 4.78 is 2.10. The quantitative estimate of drug-likeness (QED) is 0.571. The molecule has 5 nitrogen and oxygen atoms in total. The van der Waals surface area contributed by atoms with E-state index in [2.05, 4.69) is 64.4 Å². The van der Waals surface area contributed by atoms with Crippen molar-refractivity contribution in [3.8, 4) is 11.4 Å². The summed E-state index contributed by atoms with van der Waals surface area (Å²) >= 11 is 3.14. The van der Waals surface area contributed by atoms with Gasteiger partial charge >= 0.3 is 0 Å². The van der Waals surface area contributed by atoms with E-state index in [1.165, 1.54) is 22.2 Å². The van der Waals surface area contributed by atoms with Crippen LogP contribution in [0.25, 0.3) is 11.4 Å². The Morgan fingerprint density at radius 1 is 1.26 bits per heavy atom. The molecule has 142 valence electrons. The number of nitrogens with zero attached hydrogens (tertiary/aromatic N) is 3. The molecule has 0 fully saturated rings. The fourth-order valence-corrected chi connectivity index (χ4v) is 4.35. The van der Waals surface area contributed by atoms with E-state index in [1.807, 2.05) is 18.2 Å². The fourth-order valence-electron chi connectivity index (χ4n) is 2.77. The maximum absolute atomic E-state index is 12.2. The third kappa shape index (κ3) is 5.20. The van der Waals surface area contributed by atoms with E-state index in [1.54, 1.807) is 11.3 Å². The lowest BCUT2D eigenvalue weighted by Gasteiger charge is -2.13. The summed E-state index contributed by atoms with van der Waals surface area (Å²) in [4.78, 5) is 13.4. The van der Waals surface area contributed by atoms with Gasteiger partial charge in [-0.3, -0.25) is 9.36 Å². The number of thiophene rings is 1. The molecule has 0 unspecified atom stereocenters. The molecule has 1 aromatic carbocycles. The summed E-state index contributed by atoms with van der Waals surface area (Å²) in [6.45, 7) is 6.94. The number of aryl methyl sites for hydroxylation is 1. The predicted octanol–water partition coefficient (Wildman–Crippen LogP) is 4.35. The number of thioether (sulfide) groups is 1. The molecule has 1 N–H and O–H groups in total. The highest BCUT2D eigenvalue weighted by molar-refractivity contribution is 7.99. The average Bonchev–Trinajstić information content (AvgIpc) is 3.27. The Balaban J connectivity index is 1.57. The molecule has 1 amide bonds. The number of amides is 1. The summed E-state index contributed by atoms with van der Waals surface area (Å²) in [6, 6.07) is 12.5. The van der Waals surface area contributed by atoms with E-state index >= 15 is 0 Å². The molecule has 3 aromatic rings. The molecule has 0 aliphatic rings. The van der Waals surface area contributed by atoms with Crippen LogP contribution < -0.4 is 5.32 Å². The predicted molar refractivity (Wildman–Crippen MR) is 112 cm³/mol. The molecule has 0 saturated heterocycles. The monoisotopic (exact) mass is 400 g/mol. The number of nitrogens with one attached hydrogen (secondary N) is 1. The molecular weight excluding hydrogens is 376 g/mol. The topological polar surface area (TPSA) is 59.8 Å². The summed E-state index contributed by atoms with van der Waals surface area (Å²) in [7, 11) is 0. The SMILES string of the molecule is Cc1cc(-c2nnc(SCC(=O)NCCc3ccccc3)n2C(C)C)cs1. The van der Waals surface area contributed by atoms with Crippen molar-refractivity contribution in [2.24, 2.45) is 0 Å². The summed E-state index contributed by atoms with van der Waals surface area (Å²) in [5.41, 5.74) is 2.30. The van der Waals surface area contributed by atoms with Crippen LogP contribution in [0.5, 0.6) is 0 Å². The van der Waals surface area contributed by atoms with Gasteiger partial charge in [0.15, 0.2) is 11.0 Å². The molecule has 0 saturated carbocycles. The first-order chi connectivity index (χ1) is 13.0. The van der Waals surface area contributed by atoms with Crippen molar-refractivity contribution >= 4 is 29.0 Å². The first-order valence-corrected chi connectivity index (χ1v) is 10.8. The molecule has 0 spiro atoms. The molecule has 7 heteroatoms. The van der Waals surface area contributed by atoms with Gasteiger partial charge in [-0.05, 0) is 38.8 Å². The largest absolute Gasteiger partial charge is 0.355 e. The Labute approximate surface area is 168 Å². The van der Waals surface area contributed by atoms with Crippen molar-refractivity contribution in [1.29, 1.82) is 0 Å². The Kier molecular flexibility index (Phi) is 6.68. The van der Waals surface area contributed by atoms with Gasteiger partial charge in [-0.15, -0.1) is 21.5 Å². The first-order valence-electron chi connectivity index (χ1n) is 8.98. The Morgan fingerprint density at radius 3 is 2.70 bits per heavy atom. The zero-order chi connectivity index (χ0) is 19.2. The number of hydrogen-bond donors (Lipinski definition) is 1. The summed E-state index contributed by atoms with van der Waals surface area (Å²) in [5.74, 6) is 1.21. The highest BCUT2D eigenvalue weighted by Crippen LogP contribution is 2.30. The Morgan fingerprint density at radius 2 is 2.04 bits per heavy atom. The van der Waals surface area contributed by atoms with E-state index in [-0.39, 0.29) is 11.9 Å². The highest BCUT2D eigenvalue weighted by Gasteiger charge is 2.18. The maximum Gasteiger partial charge on any atom is 0.230 e. The first kappa shape index (κ1) is 19.6. The van der Waals surface area contributed by atoms with E-state index in [0.717, 1.165) is 23.0 Å². The summed E-state index contributed by atoms with van der Waals surface area (Å²) in [5, 5.41) is 14.5. The fraction of sp³-hybridized carbons (Fsp3) is 0.350. The molecule has 0 atom stereocenters. The van der Waals surface area contributed by atoms with Gasteiger partial charge in [0.25, 0.3) is 0 Å². The van der Waals surface area contributed by atoms with Crippen LogP contribution in [0.4, 0.5) is 0 Å². The second kappa shape index (κ2) is 9.19. The van der Waals surface area contributed by atoms with Gasteiger partial charge in [0.1, 0.15) is 0 Å². The molecule has 3 rings (SSSR count). The number of carbonyl (C=O) groups is 1. The lowest BCUT2D eigenvalue weighted by molar-refractivity contribution is -0.118. The lowest BCUT2D eigenvalue weighted by Crippen LogP contribution is -2.27. The van der Waals surface area contributed by atoms with Gasteiger partial charge in [0.2, 0.25) is 5.91 Å². The summed E-state index contributed by atoms with van der Waals surface area (Å²) in [6.07, 6.45) is 0.834. The van der Waals surface area contributed by atoms with Crippen LogP contribution in [0.15, 0.2) is 46.9 Å². The van der Waals surface area contributed by atoms with Crippen molar-refractivity contribution in [2.75, 3.05) is 12.3 Å². The van der Waals surface area contributed by atoms with Crippen molar-refractivity contribution in [3.63, 3.8) is 0 Å². The van der Waals surface area contributed by atoms with Crippen molar-refractivity contribution < 1.29 is 4.79 Å². The normalized spacial score (nSPS) is 11.1.